The fourth-order valence-corrected chi connectivity index (χ4v) is 0.883. The van der Waals surface area contributed by atoms with Crippen LogP contribution >= 0.6 is 0 Å². The SMILES string of the molecule is C=C(C#N)c1[nH]ccc1NC. The van der Waals surface area contributed by atoms with E-state index in [2.05, 4.69) is 16.9 Å². The van der Waals surface area contributed by atoms with E-state index in [9.17, 15) is 0 Å². The van der Waals surface area contributed by atoms with Gasteiger partial charge in [0.1, 0.15) is 6.07 Å². The van der Waals surface area contributed by atoms with Crippen molar-refractivity contribution < 1.29 is 0 Å². The van der Waals surface area contributed by atoms with Gasteiger partial charge >= 0.3 is 0 Å². The molecule has 0 unspecified atom stereocenters. The number of nitrogens with zero attached hydrogens (tertiary/aromatic N) is 1. The zero-order valence-electron chi connectivity index (χ0n) is 6.31. The Bertz CT molecular complexity index is 303. The summed E-state index contributed by atoms with van der Waals surface area (Å²) in [5, 5.41) is 11.5. The molecule has 0 aliphatic heterocycles. The summed E-state index contributed by atoms with van der Waals surface area (Å²) < 4.78 is 0. The van der Waals surface area contributed by atoms with E-state index in [4.69, 9.17) is 5.26 Å². The number of hydrogen-bond acceptors (Lipinski definition) is 2. The van der Waals surface area contributed by atoms with Crippen LogP contribution in [0.2, 0.25) is 0 Å². The van der Waals surface area contributed by atoms with Gasteiger partial charge in [-0.1, -0.05) is 6.58 Å². The van der Waals surface area contributed by atoms with E-state index >= 15 is 0 Å². The Kier molecular flexibility index (Phi) is 1.98. The number of aromatic nitrogens is 1. The highest BCUT2D eigenvalue weighted by atomic mass is 14.9. The summed E-state index contributed by atoms with van der Waals surface area (Å²) in [5.41, 5.74) is 2.10. The number of hydrogen-bond donors (Lipinski definition) is 2. The lowest BCUT2D eigenvalue weighted by Gasteiger charge is -1.98. The molecule has 0 saturated carbocycles. The third-order valence-corrected chi connectivity index (χ3v) is 1.45. The second-order valence-electron chi connectivity index (χ2n) is 2.11. The van der Waals surface area contributed by atoms with Crippen molar-refractivity contribution in [2.45, 2.75) is 0 Å². The minimum atomic E-state index is 0.444. The number of aromatic amines is 1. The van der Waals surface area contributed by atoms with Crippen LogP contribution in [0.4, 0.5) is 5.69 Å². The van der Waals surface area contributed by atoms with Crippen LogP contribution in [0.25, 0.3) is 5.57 Å². The Morgan fingerprint density at radius 3 is 3.09 bits per heavy atom. The van der Waals surface area contributed by atoms with Gasteiger partial charge < -0.3 is 10.3 Å². The van der Waals surface area contributed by atoms with E-state index in [0.717, 1.165) is 11.4 Å². The van der Waals surface area contributed by atoms with Crippen LogP contribution < -0.4 is 5.32 Å². The van der Waals surface area contributed by atoms with E-state index in [1.807, 2.05) is 12.1 Å². The second kappa shape index (κ2) is 2.93. The summed E-state index contributed by atoms with van der Waals surface area (Å²) in [6.45, 7) is 3.59. The van der Waals surface area contributed by atoms with Crippen molar-refractivity contribution in [2.75, 3.05) is 12.4 Å². The minimum absolute atomic E-state index is 0.444. The molecule has 3 heteroatoms. The molecule has 1 aromatic heterocycles. The molecule has 56 valence electrons. The first-order valence-corrected chi connectivity index (χ1v) is 3.24. The zero-order valence-corrected chi connectivity index (χ0v) is 6.31. The van der Waals surface area contributed by atoms with E-state index in [1.165, 1.54) is 0 Å². The van der Waals surface area contributed by atoms with Crippen LogP contribution in [0, 0.1) is 11.3 Å². The molecule has 0 aliphatic rings. The van der Waals surface area contributed by atoms with Crippen LogP contribution in [0.15, 0.2) is 18.8 Å². The lowest BCUT2D eigenvalue weighted by molar-refractivity contribution is 1.35. The van der Waals surface area contributed by atoms with Crippen molar-refractivity contribution in [2.24, 2.45) is 0 Å². The molecule has 0 fully saturated rings. The first-order valence-electron chi connectivity index (χ1n) is 3.24. The highest BCUT2D eigenvalue weighted by molar-refractivity contribution is 5.80. The lowest BCUT2D eigenvalue weighted by atomic mass is 10.2. The summed E-state index contributed by atoms with van der Waals surface area (Å²) in [6, 6.07) is 3.84. The van der Waals surface area contributed by atoms with E-state index in [1.54, 1.807) is 13.2 Å². The predicted octanol–water partition coefficient (Wildman–Crippen LogP) is 1.59. The van der Waals surface area contributed by atoms with E-state index < -0.39 is 0 Å². The van der Waals surface area contributed by atoms with Crippen LogP contribution in [0.1, 0.15) is 5.69 Å². The number of anilines is 1. The first-order chi connectivity index (χ1) is 5.29. The molecular weight excluding hydrogens is 138 g/mol. The van der Waals surface area contributed by atoms with Crippen LogP contribution in [0.5, 0.6) is 0 Å². The maximum absolute atomic E-state index is 8.53. The largest absolute Gasteiger partial charge is 0.386 e. The summed E-state index contributed by atoms with van der Waals surface area (Å²) in [7, 11) is 1.80. The molecule has 0 atom stereocenters. The Morgan fingerprint density at radius 1 is 1.82 bits per heavy atom. The molecule has 2 N–H and O–H groups in total. The van der Waals surface area contributed by atoms with Crippen molar-refractivity contribution in [1.29, 1.82) is 5.26 Å². The number of H-pyrrole nitrogens is 1. The molecule has 0 amide bonds. The molecule has 0 radical (unpaired) electrons. The summed E-state index contributed by atoms with van der Waals surface area (Å²) >= 11 is 0. The molecule has 1 heterocycles. The fourth-order valence-electron chi connectivity index (χ4n) is 0.883. The molecule has 1 rings (SSSR count). The van der Waals surface area contributed by atoms with Gasteiger partial charge in [0.25, 0.3) is 0 Å². The second-order valence-corrected chi connectivity index (χ2v) is 2.11. The van der Waals surface area contributed by atoms with Crippen molar-refractivity contribution in [3.63, 3.8) is 0 Å². The first kappa shape index (κ1) is 7.42. The number of allylic oxidation sites excluding steroid dienone is 1. The van der Waals surface area contributed by atoms with Gasteiger partial charge in [0.15, 0.2) is 0 Å². The molecule has 0 bridgehead atoms. The average molecular weight is 147 g/mol. The van der Waals surface area contributed by atoms with Gasteiger partial charge in [-0.05, 0) is 6.07 Å². The van der Waals surface area contributed by atoms with Gasteiger partial charge in [-0.3, -0.25) is 0 Å². The van der Waals surface area contributed by atoms with Gasteiger partial charge in [-0.15, -0.1) is 0 Å². The summed E-state index contributed by atoms with van der Waals surface area (Å²) in [5.74, 6) is 0. The van der Waals surface area contributed by atoms with Crippen molar-refractivity contribution in [1.82, 2.24) is 4.98 Å². The molecule has 0 aliphatic carbocycles. The third kappa shape index (κ3) is 1.24. The van der Waals surface area contributed by atoms with Crippen molar-refractivity contribution in [3.05, 3.63) is 24.5 Å². The Labute approximate surface area is 65.4 Å². The van der Waals surface area contributed by atoms with Gasteiger partial charge in [0.2, 0.25) is 0 Å². The Morgan fingerprint density at radius 2 is 2.55 bits per heavy atom. The van der Waals surface area contributed by atoms with Gasteiger partial charge in [-0.25, -0.2) is 0 Å². The monoisotopic (exact) mass is 147 g/mol. The average Bonchev–Trinajstić information content (AvgIpc) is 2.50. The highest BCUT2D eigenvalue weighted by Gasteiger charge is 2.03. The molecule has 3 nitrogen and oxygen atoms in total. The maximum Gasteiger partial charge on any atom is 0.101 e. The fraction of sp³-hybridized carbons (Fsp3) is 0.125. The summed E-state index contributed by atoms with van der Waals surface area (Å²) in [6.07, 6.45) is 1.77. The van der Waals surface area contributed by atoms with Crippen LogP contribution in [0.3, 0.4) is 0 Å². The van der Waals surface area contributed by atoms with Crippen LogP contribution in [-0.4, -0.2) is 12.0 Å². The lowest BCUT2D eigenvalue weighted by Crippen LogP contribution is -1.90. The van der Waals surface area contributed by atoms with Crippen molar-refractivity contribution >= 4 is 11.3 Å². The number of rotatable bonds is 2. The smallest absolute Gasteiger partial charge is 0.101 e. The zero-order chi connectivity index (χ0) is 8.27. The molecule has 11 heavy (non-hydrogen) atoms. The van der Waals surface area contributed by atoms with Crippen LogP contribution in [-0.2, 0) is 0 Å². The van der Waals surface area contributed by atoms with Gasteiger partial charge in [0, 0.05) is 13.2 Å². The third-order valence-electron chi connectivity index (χ3n) is 1.45. The highest BCUT2D eigenvalue weighted by Crippen LogP contribution is 2.19. The van der Waals surface area contributed by atoms with E-state index in [0.29, 0.717) is 5.57 Å². The normalized spacial score (nSPS) is 8.73. The number of nitriles is 1. The molecular formula is C8H9N3. The predicted molar refractivity (Wildman–Crippen MR) is 45.0 cm³/mol. The van der Waals surface area contributed by atoms with Gasteiger partial charge in [-0.2, -0.15) is 5.26 Å². The van der Waals surface area contributed by atoms with E-state index in [-0.39, 0.29) is 0 Å². The van der Waals surface area contributed by atoms with Gasteiger partial charge in [0.05, 0.1) is 17.0 Å². The molecule has 0 spiro atoms. The molecule has 0 saturated heterocycles. The molecule has 0 aromatic carbocycles. The standard InChI is InChI=1S/C8H9N3/c1-6(5-9)8-7(10-2)3-4-11-8/h3-4,10-11H,1H2,2H3. The Hall–Kier alpha value is -1.69. The summed E-state index contributed by atoms with van der Waals surface area (Å²) in [4.78, 5) is 2.92. The molecule has 1 aromatic rings. The Balaban J connectivity index is 3.04. The number of nitrogens with one attached hydrogen (secondary N) is 2. The quantitative estimate of drug-likeness (QED) is 0.624. The van der Waals surface area contributed by atoms with Crippen molar-refractivity contribution in [3.8, 4) is 6.07 Å². The topological polar surface area (TPSA) is 51.6 Å². The minimum Gasteiger partial charge on any atom is -0.386 e. The maximum atomic E-state index is 8.53.